The molecule has 0 amide bonds. The van der Waals surface area contributed by atoms with Gasteiger partial charge in [0, 0.05) is 26.1 Å². The lowest BCUT2D eigenvalue weighted by molar-refractivity contribution is 0.143. The molecule has 0 rings (SSSR count). The summed E-state index contributed by atoms with van der Waals surface area (Å²) in [5.41, 5.74) is 0. The van der Waals surface area contributed by atoms with E-state index in [1.54, 1.807) is 7.11 Å². The fourth-order valence-corrected chi connectivity index (χ4v) is 1.10. The van der Waals surface area contributed by atoms with Crippen LogP contribution >= 0.6 is 12.6 Å². The van der Waals surface area contributed by atoms with Gasteiger partial charge in [0.15, 0.2) is 0 Å². The average molecular weight is 192 g/mol. The molecule has 3 heteroatoms. The van der Waals surface area contributed by atoms with Gasteiger partial charge in [0.2, 0.25) is 0 Å². The van der Waals surface area contributed by atoms with E-state index in [4.69, 9.17) is 9.47 Å². The Labute approximate surface area is 81.0 Å². The van der Waals surface area contributed by atoms with Crippen LogP contribution in [0.3, 0.4) is 0 Å². The summed E-state index contributed by atoms with van der Waals surface area (Å²) >= 11 is 4.05. The highest BCUT2D eigenvalue weighted by molar-refractivity contribution is 7.80. The van der Waals surface area contributed by atoms with Gasteiger partial charge in [-0.2, -0.15) is 12.6 Å². The zero-order valence-corrected chi connectivity index (χ0v) is 8.81. The predicted octanol–water partition coefficient (Wildman–Crippen LogP) is 2.14. The second kappa shape index (κ2) is 11.3. The minimum absolute atomic E-state index is 0.779. The first-order chi connectivity index (χ1) is 5.91. The van der Waals surface area contributed by atoms with E-state index in [0.29, 0.717) is 0 Å². The van der Waals surface area contributed by atoms with Gasteiger partial charge in [-0.25, -0.2) is 0 Å². The van der Waals surface area contributed by atoms with Crippen LogP contribution in [-0.4, -0.2) is 32.7 Å². The molecule has 0 aliphatic carbocycles. The molecule has 0 spiro atoms. The monoisotopic (exact) mass is 192 g/mol. The highest BCUT2D eigenvalue weighted by atomic mass is 32.1. The first kappa shape index (κ1) is 12.3. The lowest BCUT2D eigenvalue weighted by atomic mass is 10.2. The molecule has 0 N–H and O–H groups in total. The molecule has 0 fully saturated rings. The molecule has 0 radical (unpaired) electrons. The van der Waals surface area contributed by atoms with E-state index in [-0.39, 0.29) is 0 Å². The third-order valence-corrected chi connectivity index (χ3v) is 1.81. The fraction of sp³-hybridized carbons (Fsp3) is 1.00. The van der Waals surface area contributed by atoms with Crippen LogP contribution in [0.4, 0.5) is 0 Å². The van der Waals surface area contributed by atoms with Crippen molar-refractivity contribution in [2.24, 2.45) is 0 Å². The molecule has 0 aliphatic rings. The highest BCUT2D eigenvalue weighted by Crippen LogP contribution is 1.99. The number of thiol groups is 1. The van der Waals surface area contributed by atoms with Crippen LogP contribution in [0.25, 0.3) is 0 Å². The molecule has 0 aliphatic heterocycles. The van der Waals surface area contributed by atoms with Crippen LogP contribution in [0.2, 0.25) is 0 Å². The number of rotatable bonds is 9. The first-order valence-corrected chi connectivity index (χ1v) is 5.22. The van der Waals surface area contributed by atoms with E-state index < -0.39 is 0 Å². The largest absolute Gasteiger partial charge is 0.385 e. The zero-order valence-electron chi connectivity index (χ0n) is 7.92. The summed E-state index contributed by atoms with van der Waals surface area (Å²) in [6.07, 6.45) is 4.83. The van der Waals surface area contributed by atoms with Gasteiger partial charge in [0.05, 0.1) is 6.61 Å². The van der Waals surface area contributed by atoms with Gasteiger partial charge in [-0.15, -0.1) is 0 Å². The van der Waals surface area contributed by atoms with Gasteiger partial charge < -0.3 is 9.47 Å². The van der Waals surface area contributed by atoms with Crippen molar-refractivity contribution in [3.8, 4) is 0 Å². The van der Waals surface area contributed by atoms with Gasteiger partial charge in [-0.05, 0) is 12.8 Å². The topological polar surface area (TPSA) is 18.5 Å². The maximum atomic E-state index is 5.28. The summed E-state index contributed by atoms with van der Waals surface area (Å²) in [5, 5.41) is 0. The van der Waals surface area contributed by atoms with E-state index in [2.05, 4.69) is 12.6 Å². The molecular weight excluding hydrogens is 172 g/mol. The number of ether oxygens (including phenoxy) is 2. The van der Waals surface area contributed by atoms with Crippen molar-refractivity contribution < 1.29 is 9.47 Å². The zero-order chi connectivity index (χ0) is 9.07. The molecule has 0 aromatic heterocycles. The van der Waals surface area contributed by atoms with Gasteiger partial charge in [-0.3, -0.25) is 0 Å². The molecule has 12 heavy (non-hydrogen) atoms. The second-order valence-electron chi connectivity index (χ2n) is 2.74. The number of hydrogen-bond acceptors (Lipinski definition) is 3. The van der Waals surface area contributed by atoms with E-state index in [1.807, 2.05) is 0 Å². The van der Waals surface area contributed by atoms with Gasteiger partial charge >= 0.3 is 0 Å². The van der Waals surface area contributed by atoms with Crippen LogP contribution < -0.4 is 0 Å². The molecule has 2 nitrogen and oxygen atoms in total. The fourth-order valence-electron chi connectivity index (χ4n) is 0.971. The smallest absolute Gasteiger partial charge is 0.0554 e. The summed E-state index contributed by atoms with van der Waals surface area (Å²) in [6.45, 7) is 2.55. The van der Waals surface area contributed by atoms with Gasteiger partial charge in [0.1, 0.15) is 0 Å². The first-order valence-electron chi connectivity index (χ1n) is 4.59. The standard InChI is InChI=1S/C9H20O2S/c1-10-6-4-2-3-5-7-11-8-9-12/h12H,2-9H2,1H3. The van der Waals surface area contributed by atoms with Crippen molar-refractivity contribution in [1.29, 1.82) is 0 Å². The van der Waals surface area contributed by atoms with Crippen molar-refractivity contribution in [1.82, 2.24) is 0 Å². The van der Waals surface area contributed by atoms with Crippen molar-refractivity contribution in [3.05, 3.63) is 0 Å². The molecule has 0 bridgehead atoms. The molecular formula is C9H20O2S. The summed E-state index contributed by atoms with van der Waals surface area (Å²) in [7, 11) is 1.75. The summed E-state index contributed by atoms with van der Waals surface area (Å²) in [5.74, 6) is 0.823. The molecule has 0 saturated carbocycles. The Morgan fingerprint density at radius 2 is 1.58 bits per heavy atom. The van der Waals surface area contributed by atoms with E-state index in [0.717, 1.165) is 32.0 Å². The molecule has 0 saturated heterocycles. The lowest BCUT2D eigenvalue weighted by Crippen LogP contribution is -1.98. The molecule has 0 aromatic rings. The van der Waals surface area contributed by atoms with Gasteiger partial charge in [0.25, 0.3) is 0 Å². The summed E-state index contributed by atoms with van der Waals surface area (Å²) < 4.78 is 10.2. The highest BCUT2D eigenvalue weighted by Gasteiger charge is 1.89. The quantitative estimate of drug-likeness (QED) is 0.446. The van der Waals surface area contributed by atoms with Crippen LogP contribution in [0, 0.1) is 0 Å². The molecule has 0 aromatic carbocycles. The Hall–Kier alpha value is 0.270. The number of methoxy groups -OCH3 is 1. The van der Waals surface area contributed by atoms with Crippen LogP contribution in [-0.2, 0) is 9.47 Å². The minimum Gasteiger partial charge on any atom is -0.385 e. The number of unbranched alkanes of at least 4 members (excludes halogenated alkanes) is 3. The average Bonchev–Trinajstić information content (AvgIpc) is 2.10. The van der Waals surface area contributed by atoms with Crippen LogP contribution in [0.1, 0.15) is 25.7 Å². The minimum atomic E-state index is 0.779. The SMILES string of the molecule is COCCCCCCOCCS. The second-order valence-corrected chi connectivity index (χ2v) is 3.19. The molecule has 0 heterocycles. The Balaban J connectivity index is 2.73. The van der Waals surface area contributed by atoms with E-state index >= 15 is 0 Å². The Morgan fingerprint density at radius 3 is 2.17 bits per heavy atom. The van der Waals surface area contributed by atoms with E-state index in [9.17, 15) is 0 Å². The van der Waals surface area contributed by atoms with Crippen molar-refractivity contribution >= 4 is 12.6 Å². The number of hydrogen-bond donors (Lipinski definition) is 1. The Kier molecular flexibility index (Phi) is 11.5. The third kappa shape index (κ3) is 10.3. The lowest BCUT2D eigenvalue weighted by Gasteiger charge is -2.01. The van der Waals surface area contributed by atoms with Gasteiger partial charge in [-0.1, -0.05) is 12.8 Å². The predicted molar refractivity (Wildman–Crippen MR) is 55.0 cm³/mol. The third-order valence-electron chi connectivity index (χ3n) is 1.62. The molecule has 74 valence electrons. The molecule has 0 atom stereocenters. The molecule has 0 unspecified atom stereocenters. The maximum Gasteiger partial charge on any atom is 0.0554 e. The van der Waals surface area contributed by atoms with Crippen LogP contribution in [0.5, 0.6) is 0 Å². The Morgan fingerprint density at radius 1 is 0.917 bits per heavy atom. The summed E-state index contributed by atoms with van der Waals surface area (Å²) in [6, 6.07) is 0. The van der Waals surface area contributed by atoms with Crippen molar-refractivity contribution in [2.45, 2.75) is 25.7 Å². The summed E-state index contributed by atoms with van der Waals surface area (Å²) in [4.78, 5) is 0. The normalized spacial score (nSPS) is 10.5. The van der Waals surface area contributed by atoms with Crippen molar-refractivity contribution in [2.75, 3.05) is 32.7 Å². The Bertz CT molecular complexity index is 68.9. The van der Waals surface area contributed by atoms with Crippen LogP contribution in [0.15, 0.2) is 0 Å². The van der Waals surface area contributed by atoms with Crippen molar-refractivity contribution in [3.63, 3.8) is 0 Å². The maximum absolute atomic E-state index is 5.28. The van der Waals surface area contributed by atoms with E-state index in [1.165, 1.54) is 19.3 Å².